The van der Waals surface area contributed by atoms with Gasteiger partial charge in [0.05, 0.1) is 18.8 Å². The van der Waals surface area contributed by atoms with E-state index in [1.54, 1.807) is 18.4 Å². The minimum atomic E-state index is -0.751. The summed E-state index contributed by atoms with van der Waals surface area (Å²) in [6.07, 6.45) is 0.792. The second-order valence-corrected chi connectivity index (χ2v) is 5.99. The van der Waals surface area contributed by atoms with Crippen LogP contribution in [0.1, 0.15) is 37.3 Å². The molecule has 5 nitrogen and oxygen atoms in total. The topological polar surface area (TPSA) is 69.8 Å². The van der Waals surface area contributed by atoms with Crippen molar-refractivity contribution in [2.45, 2.75) is 26.0 Å². The Morgan fingerprint density at radius 1 is 1.30 bits per heavy atom. The third-order valence-electron chi connectivity index (χ3n) is 3.36. The molecule has 0 bridgehead atoms. The van der Waals surface area contributed by atoms with Crippen molar-refractivity contribution < 1.29 is 9.52 Å². The van der Waals surface area contributed by atoms with Gasteiger partial charge in [-0.2, -0.15) is 0 Å². The molecule has 0 aliphatic heterocycles. The number of hydrogen-bond donors (Lipinski definition) is 3. The molecule has 3 N–H and O–H groups in total. The zero-order valence-electron chi connectivity index (χ0n) is 13.3. The van der Waals surface area contributed by atoms with Crippen LogP contribution < -0.4 is 10.6 Å². The molecule has 0 saturated heterocycles. The number of benzene rings is 1. The van der Waals surface area contributed by atoms with E-state index in [4.69, 9.17) is 4.42 Å². The van der Waals surface area contributed by atoms with Crippen LogP contribution in [0.15, 0.2) is 56.5 Å². The van der Waals surface area contributed by atoms with E-state index in [2.05, 4.69) is 44.5 Å². The maximum atomic E-state index is 10.1. The highest BCUT2D eigenvalue weighted by Crippen LogP contribution is 2.22. The molecule has 2 rings (SSSR count). The van der Waals surface area contributed by atoms with Gasteiger partial charge < -0.3 is 20.2 Å². The van der Waals surface area contributed by atoms with Crippen molar-refractivity contribution in [3.63, 3.8) is 0 Å². The fourth-order valence-corrected chi connectivity index (χ4v) is 2.81. The first-order valence-corrected chi connectivity index (χ1v) is 8.41. The molecule has 0 amide bonds. The summed E-state index contributed by atoms with van der Waals surface area (Å²) in [6.45, 7) is 5.04. The lowest BCUT2D eigenvalue weighted by molar-refractivity contribution is 0.158. The number of aliphatic hydroxyl groups excluding tert-OH is 1. The minimum absolute atomic E-state index is 0.0733. The van der Waals surface area contributed by atoms with Crippen LogP contribution in [0.3, 0.4) is 0 Å². The predicted octanol–water partition coefficient (Wildman–Crippen LogP) is 3.39. The maximum absolute atomic E-state index is 10.1. The normalized spacial score (nSPS) is 14.3. The predicted molar refractivity (Wildman–Crippen MR) is 95.3 cm³/mol. The van der Waals surface area contributed by atoms with Crippen molar-refractivity contribution in [3.8, 4) is 0 Å². The first kappa shape index (κ1) is 17.6. The molecule has 2 unspecified atom stereocenters. The number of nitrogens with one attached hydrogen (secondary N) is 2. The number of aliphatic hydroxyl groups is 1. The van der Waals surface area contributed by atoms with E-state index in [0.29, 0.717) is 11.7 Å². The molecule has 0 fully saturated rings. The van der Waals surface area contributed by atoms with Gasteiger partial charge in [-0.3, -0.25) is 4.99 Å². The highest BCUT2D eigenvalue weighted by atomic mass is 79.9. The van der Waals surface area contributed by atoms with Crippen LogP contribution in [-0.2, 0) is 0 Å². The molecule has 124 valence electrons. The number of rotatable bonds is 6. The Hall–Kier alpha value is -1.79. The minimum Gasteiger partial charge on any atom is -0.467 e. The number of furan rings is 1. The van der Waals surface area contributed by atoms with E-state index in [9.17, 15) is 5.11 Å². The number of guanidine groups is 1. The maximum Gasteiger partial charge on any atom is 0.191 e. The molecule has 0 spiro atoms. The second kappa shape index (κ2) is 8.74. The van der Waals surface area contributed by atoms with Gasteiger partial charge in [0.15, 0.2) is 5.96 Å². The van der Waals surface area contributed by atoms with E-state index in [1.165, 1.54) is 0 Å². The third kappa shape index (κ3) is 5.11. The molecular weight excluding hydrogens is 358 g/mol. The average Bonchev–Trinajstić information content (AvgIpc) is 3.07. The Balaban J connectivity index is 2.03. The summed E-state index contributed by atoms with van der Waals surface area (Å²) in [5, 5.41) is 16.6. The fraction of sp³-hybridized carbons (Fsp3) is 0.353. The average molecular weight is 380 g/mol. The van der Waals surface area contributed by atoms with Gasteiger partial charge in [0.1, 0.15) is 11.9 Å². The molecule has 0 aliphatic rings. The van der Waals surface area contributed by atoms with E-state index >= 15 is 0 Å². The van der Waals surface area contributed by atoms with Crippen LogP contribution in [0.5, 0.6) is 0 Å². The van der Waals surface area contributed by atoms with Crippen molar-refractivity contribution in [1.82, 2.24) is 10.6 Å². The first-order chi connectivity index (χ1) is 11.1. The lowest BCUT2D eigenvalue weighted by Gasteiger charge is -2.19. The lowest BCUT2D eigenvalue weighted by atomic mass is 10.1. The lowest BCUT2D eigenvalue weighted by Crippen LogP contribution is -2.39. The summed E-state index contributed by atoms with van der Waals surface area (Å²) in [6, 6.07) is 11.6. The molecule has 2 aromatic rings. The van der Waals surface area contributed by atoms with Crippen LogP contribution in [0.2, 0.25) is 0 Å². The Morgan fingerprint density at radius 3 is 2.74 bits per heavy atom. The molecule has 6 heteroatoms. The van der Waals surface area contributed by atoms with Crippen molar-refractivity contribution in [1.29, 1.82) is 0 Å². The van der Waals surface area contributed by atoms with Crippen molar-refractivity contribution >= 4 is 21.9 Å². The number of nitrogens with zero attached hydrogens (tertiary/aromatic N) is 1. The van der Waals surface area contributed by atoms with E-state index in [0.717, 1.165) is 16.6 Å². The molecule has 0 aliphatic carbocycles. The zero-order chi connectivity index (χ0) is 16.7. The standard InChI is InChI=1S/C17H22BrN3O2/c1-3-19-17(20-11-15(22)16-9-6-10-23-16)21-12(2)13-7-4-5-8-14(13)18/h4-10,12,15,22H,3,11H2,1-2H3,(H2,19,20,21). The van der Waals surface area contributed by atoms with E-state index < -0.39 is 6.10 Å². The van der Waals surface area contributed by atoms with Gasteiger partial charge in [0.2, 0.25) is 0 Å². The highest BCUT2D eigenvalue weighted by molar-refractivity contribution is 9.10. The highest BCUT2D eigenvalue weighted by Gasteiger charge is 2.13. The van der Waals surface area contributed by atoms with Gasteiger partial charge >= 0.3 is 0 Å². The molecule has 0 radical (unpaired) electrons. The number of aliphatic imine (C=N–C) groups is 1. The van der Waals surface area contributed by atoms with Gasteiger partial charge in [-0.1, -0.05) is 34.1 Å². The molecule has 23 heavy (non-hydrogen) atoms. The molecule has 2 atom stereocenters. The largest absolute Gasteiger partial charge is 0.467 e. The van der Waals surface area contributed by atoms with Gasteiger partial charge in [-0.25, -0.2) is 0 Å². The third-order valence-corrected chi connectivity index (χ3v) is 4.09. The monoisotopic (exact) mass is 379 g/mol. The second-order valence-electron chi connectivity index (χ2n) is 5.14. The van der Waals surface area contributed by atoms with Crippen LogP contribution >= 0.6 is 15.9 Å². The first-order valence-electron chi connectivity index (χ1n) is 7.62. The van der Waals surface area contributed by atoms with Gasteiger partial charge in [-0.05, 0) is 37.6 Å². The molecule has 1 aromatic heterocycles. The summed E-state index contributed by atoms with van der Waals surface area (Å²) in [4.78, 5) is 4.43. The Bertz CT molecular complexity index is 629. The molecule has 1 aromatic carbocycles. The molecular formula is C17H22BrN3O2. The zero-order valence-corrected chi connectivity index (χ0v) is 14.9. The summed E-state index contributed by atoms with van der Waals surface area (Å²) in [5.74, 6) is 1.17. The van der Waals surface area contributed by atoms with Crippen LogP contribution in [0.25, 0.3) is 0 Å². The van der Waals surface area contributed by atoms with Crippen molar-refractivity contribution in [2.24, 2.45) is 4.99 Å². The summed E-state index contributed by atoms with van der Waals surface area (Å²) >= 11 is 3.56. The van der Waals surface area contributed by atoms with Crippen LogP contribution in [0, 0.1) is 0 Å². The SMILES string of the molecule is CCNC(=NCC(O)c1ccco1)NC(C)c1ccccc1Br. The fourth-order valence-electron chi connectivity index (χ4n) is 2.18. The number of hydrogen-bond acceptors (Lipinski definition) is 3. The van der Waals surface area contributed by atoms with Gasteiger partial charge in [0, 0.05) is 11.0 Å². The molecule has 1 heterocycles. The summed E-state index contributed by atoms with van der Waals surface area (Å²) in [5.41, 5.74) is 1.14. The van der Waals surface area contributed by atoms with Gasteiger partial charge in [-0.15, -0.1) is 0 Å². The molecule has 0 saturated carbocycles. The van der Waals surface area contributed by atoms with Crippen molar-refractivity contribution in [3.05, 3.63) is 58.5 Å². The summed E-state index contributed by atoms with van der Waals surface area (Å²) < 4.78 is 6.24. The quantitative estimate of drug-likeness (QED) is 0.531. The van der Waals surface area contributed by atoms with E-state index in [-0.39, 0.29) is 12.6 Å². The Morgan fingerprint density at radius 2 is 2.09 bits per heavy atom. The van der Waals surface area contributed by atoms with E-state index in [1.807, 2.05) is 25.1 Å². The van der Waals surface area contributed by atoms with Crippen molar-refractivity contribution in [2.75, 3.05) is 13.1 Å². The summed E-state index contributed by atoms with van der Waals surface area (Å²) in [7, 11) is 0. The van der Waals surface area contributed by atoms with Crippen LogP contribution in [0.4, 0.5) is 0 Å². The Labute approximate surface area is 144 Å². The smallest absolute Gasteiger partial charge is 0.191 e. The van der Waals surface area contributed by atoms with Crippen LogP contribution in [-0.4, -0.2) is 24.2 Å². The Kier molecular flexibility index (Phi) is 6.67. The number of halogens is 1. The van der Waals surface area contributed by atoms with Gasteiger partial charge in [0.25, 0.3) is 0 Å².